The summed E-state index contributed by atoms with van der Waals surface area (Å²) in [5, 5.41) is 10.6. The summed E-state index contributed by atoms with van der Waals surface area (Å²) >= 11 is 2.35. The van der Waals surface area contributed by atoms with Gasteiger partial charge in [0.15, 0.2) is 0 Å². The van der Waals surface area contributed by atoms with Gasteiger partial charge in [-0.15, -0.1) is 0 Å². The number of halogens is 1. The fourth-order valence-electron chi connectivity index (χ4n) is 4.60. The summed E-state index contributed by atoms with van der Waals surface area (Å²) < 4.78 is 10.3. The number of pyridine rings is 1. The second-order valence-corrected chi connectivity index (χ2v) is 11.0. The number of fused-ring (bicyclic) bond motifs is 3. The number of aliphatic imine (C=N–C) groups is 1. The van der Waals surface area contributed by atoms with Crippen molar-refractivity contribution in [2.45, 2.75) is 33.8 Å². The van der Waals surface area contributed by atoms with Gasteiger partial charge in [0.05, 0.1) is 45.9 Å². The Kier molecular flexibility index (Phi) is 7.63. The van der Waals surface area contributed by atoms with E-state index in [0.29, 0.717) is 25.3 Å². The number of hydrogen-bond acceptors (Lipinski definition) is 7. The Morgan fingerprint density at radius 2 is 1.97 bits per heavy atom. The lowest BCUT2D eigenvalue weighted by Gasteiger charge is -2.24. The minimum Gasteiger partial charge on any atom is -0.473 e. The molecule has 4 heterocycles. The fraction of sp³-hybridized carbons (Fsp3) is 0.417. The maximum absolute atomic E-state index is 6.48. The predicted molar refractivity (Wildman–Crippen MR) is 154 cm³/mol. The van der Waals surface area contributed by atoms with Crippen molar-refractivity contribution in [3.05, 3.63) is 40.5 Å². The summed E-state index contributed by atoms with van der Waals surface area (Å²) in [6, 6.07) is 2.10. The van der Waals surface area contributed by atoms with E-state index < -0.39 is 0 Å². The molecular weight excluding hydrogens is 574 g/mol. The van der Waals surface area contributed by atoms with E-state index in [0.717, 1.165) is 56.2 Å². The average Bonchev–Trinajstić information content (AvgIpc) is 3.28. The first kappa shape index (κ1) is 25.8. The van der Waals surface area contributed by atoms with Gasteiger partial charge in [-0.1, -0.05) is 0 Å². The van der Waals surface area contributed by atoms with Crippen LogP contribution in [0.1, 0.15) is 30.9 Å². The second-order valence-electron chi connectivity index (χ2n) is 8.99. The lowest BCUT2D eigenvalue weighted by atomic mass is 10.0. The van der Waals surface area contributed by atoms with E-state index in [1.54, 1.807) is 11.7 Å². The van der Waals surface area contributed by atoms with E-state index in [1.807, 2.05) is 44.4 Å². The van der Waals surface area contributed by atoms with Crippen LogP contribution in [-0.2, 0) is 7.05 Å². The molecule has 35 heavy (non-hydrogen) atoms. The lowest BCUT2D eigenvalue weighted by Crippen LogP contribution is -2.35. The summed E-state index contributed by atoms with van der Waals surface area (Å²) in [7, 11) is 5.78. The van der Waals surface area contributed by atoms with Gasteiger partial charge in [-0.05, 0) is 75.0 Å². The van der Waals surface area contributed by atoms with Gasteiger partial charge in [0.1, 0.15) is 6.10 Å². The third-order valence-electron chi connectivity index (χ3n) is 6.08. The molecule has 0 saturated heterocycles. The van der Waals surface area contributed by atoms with E-state index in [1.165, 1.54) is 0 Å². The molecule has 0 aromatic carbocycles. The number of allylic oxidation sites excluding steroid dienone is 2. The fourth-order valence-corrected chi connectivity index (χ4v) is 6.16. The first-order chi connectivity index (χ1) is 16.6. The van der Waals surface area contributed by atoms with Crippen molar-refractivity contribution in [1.29, 1.82) is 0 Å². The number of aryl methyl sites for hydroxylation is 3. The zero-order valence-corrected chi connectivity index (χ0v) is 24.4. The van der Waals surface area contributed by atoms with Crippen LogP contribution in [0.3, 0.4) is 0 Å². The van der Waals surface area contributed by atoms with Crippen molar-refractivity contribution in [1.82, 2.24) is 29.2 Å². The molecular formula is C24H32IN8OP. The molecule has 0 spiro atoms. The molecule has 1 aliphatic rings. The van der Waals surface area contributed by atoms with Crippen LogP contribution in [0.5, 0.6) is 5.88 Å². The van der Waals surface area contributed by atoms with Gasteiger partial charge in [0.25, 0.3) is 0 Å². The van der Waals surface area contributed by atoms with Crippen molar-refractivity contribution >= 4 is 51.1 Å². The predicted octanol–water partition coefficient (Wildman–Crippen LogP) is 4.27. The number of nitrogens with two attached hydrogens (primary N) is 1. The SMILES string of the molecule is CN=C1CN(C)CC(C)Oc2c(c(C)nn2C)-c2cc3c(nn(PI)c3c(C)n2)/C=C/C1=C(\C)N. The molecule has 0 saturated carbocycles. The summed E-state index contributed by atoms with van der Waals surface area (Å²) in [6.07, 6.45) is 4.43. The Labute approximate surface area is 220 Å². The third kappa shape index (κ3) is 5.01. The molecule has 2 N–H and O–H groups in total. The van der Waals surface area contributed by atoms with Crippen molar-refractivity contribution in [2.75, 3.05) is 27.2 Å². The Morgan fingerprint density at radius 1 is 1.23 bits per heavy atom. The number of aromatic nitrogens is 5. The highest BCUT2D eigenvalue weighted by Gasteiger charge is 2.24. The highest BCUT2D eigenvalue weighted by atomic mass is 127. The molecule has 0 amide bonds. The van der Waals surface area contributed by atoms with Crippen molar-refractivity contribution < 1.29 is 4.74 Å². The van der Waals surface area contributed by atoms with E-state index in [2.05, 4.69) is 57.1 Å². The van der Waals surface area contributed by atoms with Crippen molar-refractivity contribution in [3.8, 4) is 17.1 Å². The van der Waals surface area contributed by atoms with Crippen LogP contribution in [0.25, 0.3) is 28.2 Å². The number of ether oxygens (including phenoxy) is 1. The molecule has 0 radical (unpaired) electrons. The molecule has 9 nitrogen and oxygen atoms in total. The molecule has 3 aromatic rings. The van der Waals surface area contributed by atoms with Gasteiger partial charge in [0, 0.05) is 43.8 Å². The number of likely N-dealkylation sites (N-methyl/N-ethyl adjacent to an activating group) is 1. The maximum Gasteiger partial charge on any atom is 0.221 e. The summed E-state index contributed by atoms with van der Waals surface area (Å²) in [4.78, 5) is 11.7. The lowest BCUT2D eigenvalue weighted by molar-refractivity contribution is 0.160. The van der Waals surface area contributed by atoms with Crippen LogP contribution in [0.2, 0.25) is 0 Å². The highest BCUT2D eigenvalue weighted by Crippen LogP contribution is 2.38. The van der Waals surface area contributed by atoms with Crippen LogP contribution >= 0.6 is 28.4 Å². The van der Waals surface area contributed by atoms with Gasteiger partial charge in [0.2, 0.25) is 5.88 Å². The van der Waals surface area contributed by atoms with Crippen LogP contribution in [0.4, 0.5) is 0 Å². The van der Waals surface area contributed by atoms with Crippen molar-refractivity contribution in [2.24, 2.45) is 17.8 Å². The number of hydrogen-bond donors (Lipinski definition) is 1. The maximum atomic E-state index is 6.48. The minimum absolute atomic E-state index is 0.0814. The summed E-state index contributed by atoms with van der Waals surface area (Å²) in [6.45, 7) is 9.35. The Morgan fingerprint density at radius 3 is 2.63 bits per heavy atom. The Hall–Kier alpha value is -2.30. The zero-order chi connectivity index (χ0) is 25.4. The van der Waals surface area contributed by atoms with E-state index >= 15 is 0 Å². The van der Waals surface area contributed by atoms with Crippen LogP contribution < -0.4 is 10.5 Å². The molecule has 0 aliphatic carbocycles. The van der Waals surface area contributed by atoms with Gasteiger partial charge in [-0.3, -0.25) is 14.9 Å². The average molecular weight is 606 g/mol. The largest absolute Gasteiger partial charge is 0.473 e. The molecule has 1 aliphatic heterocycles. The normalized spacial score (nSPS) is 21.4. The Bertz CT molecular complexity index is 1370. The zero-order valence-electron chi connectivity index (χ0n) is 21.2. The summed E-state index contributed by atoms with van der Waals surface area (Å²) in [5.41, 5.74) is 14.3. The second kappa shape index (κ2) is 10.4. The quantitative estimate of drug-likeness (QED) is 0.328. The number of rotatable bonds is 1. The van der Waals surface area contributed by atoms with Gasteiger partial charge < -0.3 is 10.5 Å². The number of nitrogens with zero attached hydrogens (tertiary/aromatic N) is 7. The van der Waals surface area contributed by atoms with E-state index in [-0.39, 0.29) is 6.10 Å². The monoisotopic (exact) mass is 606 g/mol. The molecule has 4 rings (SSSR count). The molecule has 2 atom stereocenters. The smallest absolute Gasteiger partial charge is 0.221 e. The Balaban J connectivity index is 2.02. The molecule has 2 unspecified atom stereocenters. The molecule has 186 valence electrons. The van der Waals surface area contributed by atoms with Crippen LogP contribution in [0.15, 0.2) is 28.4 Å². The highest BCUT2D eigenvalue weighted by molar-refractivity contribution is 14.2. The minimum atomic E-state index is -0.0814. The van der Waals surface area contributed by atoms with Gasteiger partial charge in [-0.25, -0.2) is 9.13 Å². The first-order valence-electron chi connectivity index (χ1n) is 11.4. The van der Waals surface area contributed by atoms with Crippen molar-refractivity contribution in [3.63, 3.8) is 0 Å². The summed E-state index contributed by atoms with van der Waals surface area (Å²) in [5.74, 6) is 0.715. The van der Waals surface area contributed by atoms with Gasteiger partial charge in [-0.2, -0.15) is 10.2 Å². The molecule has 2 bridgehead atoms. The van der Waals surface area contributed by atoms with E-state index in [9.17, 15) is 0 Å². The standard InChI is InChI=1S/C24H32IN8OP/c1-13-11-31(6)12-21(27-5)17(14(2)26)8-9-19-18-10-20(22-15(3)29-32(7)24(22)34-13)28-16(4)23(18)33(30-19)35-25/h8-10,13,35H,11-12,26H2,1-7H3/b9-8+,17-14-,27-21?. The topological polar surface area (TPSA) is 99.4 Å². The molecule has 3 aromatic heterocycles. The molecule has 0 fully saturated rings. The third-order valence-corrected chi connectivity index (χ3v) is 7.94. The first-order valence-corrected chi connectivity index (χ1v) is 15.5. The van der Waals surface area contributed by atoms with Crippen LogP contribution in [0, 0.1) is 13.8 Å². The van der Waals surface area contributed by atoms with E-state index in [4.69, 9.17) is 20.6 Å². The van der Waals surface area contributed by atoms with Crippen LogP contribution in [-0.4, -0.2) is 68.2 Å². The van der Waals surface area contributed by atoms with Gasteiger partial charge >= 0.3 is 0 Å². The molecule has 11 heteroatoms.